The highest BCUT2D eigenvalue weighted by Gasteiger charge is 2.37. The van der Waals surface area contributed by atoms with Crippen molar-refractivity contribution in [2.75, 3.05) is 4.90 Å². The molecule has 7 heteroatoms. The number of nitrogens with zero attached hydrogens (tertiary/aromatic N) is 7. The Labute approximate surface area is 472 Å². The Morgan fingerprint density at radius 2 is 0.720 bits per heavy atom. The highest BCUT2D eigenvalue weighted by Crippen LogP contribution is 2.48. The van der Waals surface area contributed by atoms with Crippen LogP contribution in [0.4, 0.5) is 11.4 Å². The van der Waals surface area contributed by atoms with Crippen molar-refractivity contribution >= 4 is 76.8 Å². The topological polar surface area (TPSA) is 56.7 Å². The van der Waals surface area contributed by atoms with Crippen molar-refractivity contribution in [3.8, 4) is 62.4 Å². The third-order valence-corrected chi connectivity index (χ3v) is 17.0. The predicted molar refractivity (Wildman–Crippen MR) is 338 cm³/mol. The van der Waals surface area contributed by atoms with E-state index in [0.717, 1.165) is 67.1 Å². The fourth-order valence-corrected chi connectivity index (χ4v) is 13.4. The summed E-state index contributed by atoms with van der Waals surface area (Å²) in [5, 5.41) is 7.19. The normalized spacial score (nSPS) is 14.7. The molecule has 15 aromatic rings. The van der Waals surface area contributed by atoms with Gasteiger partial charge in [0.15, 0.2) is 17.5 Å². The summed E-state index contributed by atoms with van der Waals surface area (Å²) in [5.41, 5.74) is 18.7. The molecular weight excluding hydrogens is 999 g/mol. The summed E-state index contributed by atoms with van der Waals surface area (Å²) in [4.78, 5) is 18.5. The molecule has 0 amide bonds. The van der Waals surface area contributed by atoms with Crippen LogP contribution in [0.3, 0.4) is 0 Å². The van der Waals surface area contributed by atoms with Gasteiger partial charge >= 0.3 is 0 Å². The summed E-state index contributed by atoms with van der Waals surface area (Å²) in [6, 6.07) is 94.3. The minimum Gasteiger partial charge on any atom is -0.333 e. The van der Waals surface area contributed by atoms with Crippen LogP contribution in [0.25, 0.3) is 128 Å². The van der Waals surface area contributed by atoms with Crippen molar-refractivity contribution in [3.63, 3.8) is 0 Å². The first kappa shape index (κ1) is 46.1. The molecule has 384 valence electrons. The molecule has 0 saturated heterocycles. The van der Waals surface area contributed by atoms with Crippen LogP contribution in [-0.4, -0.2) is 34.7 Å². The van der Waals surface area contributed by atoms with Gasteiger partial charge in [0.2, 0.25) is 0 Å². The van der Waals surface area contributed by atoms with E-state index >= 15 is 0 Å². The van der Waals surface area contributed by atoms with Crippen LogP contribution in [-0.2, 0) is 0 Å². The lowest BCUT2D eigenvalue weighted by molar-refractivity contribution is 0.745. The molecule has 11 aromatic carbocycles. The molecule has 0 N–H and O–H groups in total. The van der Waals surface area contributed by atoms with Crippen molar-refractivity contribution in [1.82, 2.24) is 28.7 Å². The summed E-state index contributed by atoms with van der Waals surface area (Å²) in [5.74, 6) is 2.08. The van der Waals surface area contributed by atoms with Gasteiger partial charge in [-0.3, -0.25) is 0 Å². The second kappa shape index (κ2) is 18.3. The molecule has 0 saturated carbocycles. The van der Waals surface area contributed by atoms with E-state index in [1.54, 1.807) is 0 Å². The van der Waals surface area contributed by atoms with Crippen LogP contribution in [0.5, 0.6) is 0 Å². The van der Waals surface area contributed by atoms with Crippen LogP contribution in [0.15, 0.2) is 285 Å². The molecule has 82 heavy (non-hydrogen) atoms. The quantitative estimate of drug-likeness (QED) is 0.152. The van der Waals surface area contributed by atoms with Crippen molar-refractivity contribution < 1.29 is 0 Å². The largest absolute Gasteiger partial charge is 0.333 e. The number of hydrogen-bond donors (Lipinski definition) is 0. The van der Waals surface area contributed by atoms with E-state index in [1.165, 1.54) is 60.2 Å². The maximum Gasteiger partial charge on any atom is 0.164 e. The van der Waals surface area contributed by atoms with Gasteiger partial charge in [-0.25, -0.2) is 15.0 Å². The molecule has 0 spiro atoms. The highest BCUT2D eigenvalue weighted by molar-refractivity contribution is 6.14. The molecule has 17 rings (SSSR count). The summed E-state index contributed by atoms with van der Waals surface area (Å²) in [6.45, 7) is 0. The number of allylic oxidation sites excluding steroid dienone is 2. The minimum absolute atomic E-state index is 0.163. The first-order valence-electron chi connectivity index (χ1n) is 28.1. The third-order valence-electron chi connectivity index (χ3n) is 17.0. The molecule has 1 unspecified atom stereocenters. The zero-order valence-electron chi connectivity index (χ0n) is 44.4. The number of aromatic nitrogens is 6. The number of rotatable bonds is 8. The lowest BCUT2D eigenvalue weighted by Crippen LogP contribution is -2.28. The monoisotopic (exact) mass is 1050 g/mol. The van der Waals surface area contributed by atoms with E-state index in [1.807, 2.05) is 18.2 Å². The second-order valence-electron chi connectivity index (χ2n) is 21.5. The van der Waals surface area contributed by atoms with Gasteiger partial charge in [-0.1, -0.05) is 188 Å². The average Bonchev–Trinajstić information content (AvgIpc) is 3.46. The SMILES string of the molecule is C1=CC2[C@@H](C=C1)c1ccccc1N2c1cccc(-c2nc(-c3ccccc3)nc(-c3ccc(-n4c5ccccc5c5cc(-c6ccc7c(c6)c6ccccc6n7-c6ccccc6)ccc54)c(-n4c5ccccc5c5ccccc54)c3)n2)c1. The maximum atomic E-state index is 5.44. The maximum absolute atomic E-state index is 5.44. The van der Waals surface area contributed by atoms with Crippen molar-refractivity contribution in [1.29, 1.82) is 0 Å². The number of hydrogen-bond acceptors (Lipinski definition) is 4. The molecule has 2 aliphatic rings. The zero-order chi connectivity index (χ0) is 53.8. The van der Waals surface area contributed by atoms with Gasteiger partial charge in [0.25, 0.3) is 0 Å². The smallest absolute Gasteiger partial charge is 0.164 e. The van der Waals surface area contributed by atoms with Gasteiger partial charge < -0.3 is 18.6 Å². The molecule has 0 fully saturated rings. The van der Waals surface area contributed by atoms with Crippen LogP contribution < -0.4 is 4.90 Å². The lowest BCUT2D eigenvalue weighted by Gasteiger charge is -2.29. The van der Waals surface area contributed by atoms with Gasteiger partial charge in [-0.15, -0.1) is 0 Å². The van der Waals surface area contributed by atoms with Gasteiger partial charge in [-0.05, 0) is 114 Å². The van der Waals surface area contributed by atoms with E-state index in [9.17, 15) is 0 Å². The molecule has 4 aromatic heterocycles. The van der Waals surface area contributed by atoms with Gasteiger partial charge in [0, 0.05) is 72.0 Å². The van der Waals surface area contributed by atoms with Gasteiger partial charge in [0.1, 0.15) is 0 Å². The summed E-state index contributed by atoms with van der Waals surface area (Å²) in [6.07, 6.45) is 8.97. The van der Waals surface area contributed by atoms with Crippen LogP contribution >= 0.6 is 0 Å². The Morgan fingerprint density at radius 1 is 0.268 bits per heavy atom. The summed E-state index contributed by atoms with van der Waals surface area (Å²) >= 11 is 0. The molecule has 1 aliphatic carbocycles. The molecule has 5 heterocycles. The fourth-order valence-electron chi connectivity index (χ4n) is 13.4. The molecule has 2 atom stereocenters. The first-order chi connectivity index (χ1) is 40.7. The Balaban J connectivity index is 0.857. The Kier molecular flexibility index (Phi) is 10.3. The number of fused-ring (bicyclic) bond motifs is 12. The van der Waals surface area contributed by atoms with E-state index in [2.05, 4.69) is 286 Å². The first-order valence-corrected chi connectivity index (χ1v) is 28.1. The Bertz CT molecular complexity index is 5080. The Morgan fingerprint density at radius 3 is 1.37 bits per heavy atom. The lowest BCUT2D eigenvalue weighted by atomic mass is 9.91. The van der Waals surface area contributed by atoms with Gasteiger partial charge in [0.05, 0.1) is 50.5 Å². The standard InChI is InChI=1S/C75H49N7/c1-3-20-48(21-4-1)73-76-74(51-22-19-25-54(44-51)80-63-32-13-7-26-55(63)56-27-8-14-33-64(56)80)78-75(77-73)52-40-43-71(72(47-52)82-66-35-16-9-28-57(66)58-29-10-17-36-67(58)82)81-68-37-18-12-31-60(68)62-46-50(39-42-70(62)81)49-38-41-69-61(45-49)59-30-11-15-34-65(59)79(69)53-23-5-2-6-24-53/h1-47,55,63H/t55-,63?/m0/s1. The number of para-hydroxylation sites is 6. The summed E-state index contributed by atoms with van der Waals surface area (Å²) in [7, 11) is 0. The zero-order valence-corrected chi connectivity index (χ0v) is 44.4. The van der Waals surface area contributed by atoms with E-state index < -0.39 is 0 Å². The van der Waals surface area contributed by atoms with E-state index in [4.69, 9.17) is 15.0 Å². The molecule has 1 aliphatic heterocycles. The fraction of sp³-hybridized carbons (Fsp3) is 0.0267. The van der Waals surface area contributed by atoms with Gasteiger partial charge in [-0.2, -0.15) is 0 Å². The van der Waals surface area contributed by atoms with Crippen molar-refractivity contribution in [3.05, 3.63) is 291 Å². The number of benzene rings is 11. The van der Waals surface area contributed by atoms with Crippen molar-refractivity contribution in [2.24, 2.45) is 0 Å². The minimum atomic E-state index is 0.163. The predicted octanol–water partition coefficient (Wildman–Crippen LogP) is 18.6. The third kappa shape index (κ3) is 7.13. The van der Waals surface area contributed by atoms with E-state index in [0.29, 0.717) is 17.5 Å². The van der Waals surface area contributed by atoms with Crippen LogP contribution in [0, 0.1) is 0 Å². The summed E-state index contributed by atoms with van der Waals surface area (Å²) < 4.78 is 7.26. The van der Waals surface area contributed by atoms with Crippen LogP contribution in [0.1, 0.15) is 11.5 Å². The second-order valence-corrected chi connectivity index (χ2v) is 21.5. The highest BCUT2D eigenvalue weighted by atomic mass is 15.2. The molecule has 7 nitrogen and oxygen atoms in total. The Hall–Kier alpha value is -10.9. The number of anilines is 2. The average molecular weight is 1050 g/mol. The molecule has 0 radical (unpaired) electrons. The van der Waals surface area contributed by atoms with Crippen molar-refractivity contribution in [2.45, 2.75) is 12.0 Å². The van der Waals surface area contributed by atoms with E-state index in [-0.39, 0.29) is 12.0 Å². The molecule has 0 bridgehead atoms. The van der Waals surface area contributed by atoms with Crippen LogP contribution in [0.2, 0.25) is 0 Å². The molecular formula is C75H49N7.